The minimum absolute atomic E-state index is 0.123. The first-order valence-electron chi connectivity index (χ1n) is 14.3. The molecule has 1 aromatic heterocycles. The summed E-state index contributed by atoms with van der Waals surface area (Å²) >= 11 is 5.95. The number of aliphatic imine (C=N–C) groups is 1. The van der Waals surface area contributed by atoms with Crippen LogP contribution in [0.2, 0.25) is 5.02 Å². The summed E-state index contributed by atoms with van der Waals surface area (Å²) in [5.41, 5.74) is 4.14. The molecule has 3 aliphatic heterocycles. The number of halogens is 2. The Morgan fingerprint density at radius 1 is 1.07 bits per heavy atom. The van der Waals surface area contributed by atoms with Gasteiger partial charge in [-0.15, -0.1) is 0 Å². The second-order valence-corrected chi connectivity index (χ2v) is 11.6. The summed E-state index contributed by atoms with van der Waals surface area (Å²) in [6.45, 7) is 3.83. The molecule has 2 saturated heterocycles. The Morgan fingerprint density at radius 3 is 2.64 bits per heavy atom. The van der Waals surface area contributed by atoms with Crippen molar-refractivity contribution in [1.82, 2.24) is 14.5 Å². The fourth-order valence-electron chi connectivity index (χ4n) is 6.14. The summed E-state index contributed by atoms with van der Waals surface area (Å²) in [5.74, 6) is 0.553. The third-order valence-electron chi connectivity index (χ3n) is 8.53. The quantitative estimate of drug-likeness (QED) is 0.264. The number of piperidine rings is 1. The molecule has 2 fully saturated rings. The number of benzene rings is 3. The molecule has 4 aromatic rings. The number of carbonyl (C=O) groups is 1. The zero-order valence-electron chi connectivity index (χ0n) is 22.9. The number of hydrogen-bond acceptors (Lipinski definition) is 6. The largest absolute Gasteiger partial charge is 0.478 e. The van der Waals surface area contributed by atoms with Crippen LogP contribution in [0, 0.1) is 5.82 Å². The highest BCUT2D eigenvalue weighted by atomic mass is 35.5. The van der Waals surface area contributed by atoms with Gasteiger partial charge >= 0.3 is 5.97 Å². The standard InChI is InChI=1S/C32H30ClFN4O4/c33-21-5-6-24(25(34)15-21)29-16-35-27-3-1-2-23(31(27)42-29)19-8-11-37(12-9-19)18-30-36-26-7-4-20(32(39)40)14-28(26)38(30)17-22-10-13-41-22/h1-7,14-16,19,22,29H,8-13,17-18H2,(H,39,40)/t22-,29?/m0/s1. The van der Waals surface area contributed by atoms with E-state index < -0.39 is 17.9 Å². The maximum atomic E-state index is 14.7. The number of fused-ring (bicyclic) bond motifs is 2. The van der Waals surface area contributed by atoms with Gasteiger partial charge in [0.15, 0.2) is 6.10 Å². The van der Waals surface area contributed by atoms with Crippen molar-refractivity contribution in [2.24, 2.45) is 4.99 Å². The molecule has 0 amide bonds. The zero-order valence-corrected chi connectivity index (χ0v) is 23.6. The number of imidazole rings is 1. The third kappa shape index (κ3) is 5.17. The zero-order chi connectivity index (χ0) is 28.8. The van der Waals surface area contributed by atoms with Crippen LogP contribution in [0.4, 0.5) is 10.1 Å². The maximum Gasteiger partial charge on any atom is 0.335 e. The van der Waals surface area contributed by atoms with E-state index in [4.69, 9.17) is 26.1 Å². The predicted molar refractivity (Wildman–Crippen MR) is 158 cm³/mol. The number of likely N-dealkylation sites (tertiary alicyclic amines) is 1. The third-order valence-corrected chi connectivity index (χ3v) is 8.77. The Morgan fingerprint density at radius 2 is 1.90 bits per heavy atom. The molecule has 0 radical (unpaired) electrons. The number of aromatic carboxylic acids is 1. The van der Waals surface area contributed by atoms with Crippen molar-refractivity contribution in [1.29, 1.82) is 0 Å². The SMILES string of the molecule is O=C(O)c1ccc2nc(CN3CCC(c4cccc5c4OC(c4ccc(Cl)cc4F)C=N5)CC3)n(C[C@@H]3CCO3)c2c1. The fraction of sp³-hybridized carbons (Fsp3) is 0.344. The van der Waals surface area contributed by atoms with Crippen LogP contribution in [0.25, 0.3) is 11.0 Å². The molecule has 0 bridgehead atoms. The van der Waals surface area contributed by atoms with Crippen molar-refractivity contribution in [2.75, 3.05) is 19.7 Å². The van der Waals surface area contributed by atoms with Gasteiger partial charge in [-0.3, -0.25) is 9.89 Å². The number of ether oxygens (including phenoxy) is 2. The van der Waals surface area contributed by atoms with Crippen LogP contribution >= 0.6 is 11.6 Å². The van der Waals surface area contributed by atoms with Crippen LogP contribution in [0.1, 0.15) is 58.6 Å². The molecule has 10 heteroatoms. The summed E-state index contributed by atoms with van der Waals surface area (Å²) < 4.78 is 28.9. The van der Waals surface area contributed by atoms with Crippen molar-refractivity contribution in [3.63, 3.8) is 0 Å². The number of carboxylic acid groups (broad SMARTS) is 1. The van der Waals surface area contributed by atoms with Crippen LogP contribution in [0.3, 0.4) is 0 Å². The van der Waals surface area contributed by atoms with Gasteiger partial charge < -0.3 is 19.1 Å². The number of hydrogen-bond donors (Lipinski definition) is 1. The van der Waals surface area contributed by atoms with E-state index in [-0.39, 0.29) is 17.6 Å². The highest BCUT2D eigenvalue weighted by molar-refractivity contribution is 6.30. The molecule has 0 spiro atoms. The molecule has 2 atom stereocenters. The van der Waals surface area contributed by atoms with E-state index >= 15 is 0 Å². The van der Waals surface area contributed by atoms with Crippen molar-refractivity contribution < 1.29 is 23.8 Å². The van der Waals surface area contributed by atoms with E-state index in [1.807, 2.05) is 12.1 Å². The van der Waals surface area contributed by atoms with E-state index in [0.717, 1.165) is 67.1 Å². The second-order valence-electron chi connectivity index (χ2n) is 11.2. The molecule has 0 saturated carbocycles. The predicted octanol–water partition coefficient (Wildman–Crippen LogP) is 6.53. The molecule has 1 unspecified atom stereocenters. The fourth-order valence-corrected chi connectivity index (χ4v) is 6.30. The van der Waals surface area contributed by atoms with Crippen molar-refractivity contribution in [3.05, 3.63) is 88.0 Å². The lowest BCUT2D eigenvalue weighted by Gasteiger charge is -2.34. The summed E-state index contributed by atoms with van der Waals surface area (Å²) in [4.78, 5) is 23.5. The number of nitrogens with zero attached hydrogens (tertiary/aromatic N) is 4. The van der Waals surface area contributed by atoms with Gasteiger partial charge in [0.1, 0.15) is 23.1 Å². The van der Waals surface area contributed by atoms with E-state index in [1.165, 1.54) is 6.07 Å². The van der Waals surface area contributed by atoms with Crippen molar-refractivity contribution in [3.8, 4) is 5.75 Å². The topological polar surface area (TPSA) is 89.2 Å². The van der Waals surface area contributed by atoms with Crippen molar-refractivity contribution >= 4 is 40.5 Å². The lowest BCUT2D eigenvalue weighted by molar-refractivity contribution is -0.0592. The van der Waals surface area contributed by atoms with Gasteiger partial charge in [-0.25, -0.2) is 14.2 Å². The summed E-state index contributed by atoms with van der Waals surface area (Å²) in [5, 5.41) is 9.87. The van der Waals surface area contributed by atoms with Gasteiger partial charge in [0.05, 0.1) is 42.0 Å². The molecule has 216 valence electrons. The van der Waals surface area contributed by atoms with Gasteiger partial charge in [0.2, 0.25) is 0 Å². The van der Waals surface area contributed by atoms with Crippen LogP contribution in [0.5, 0.6) is 5.75 Å². The molecular weight excluding hydrogens is 559 g/mol. The van der Waals surface area contributed by atoms with Gasteiger partial charge in [0.25, 0.3) is 0 Å². The number of aromatic nitrogens is 2. The minimum atomic E-state index is -0.949. The monoisotopic (exact) mass is 588 g/mol. The van der Waals surface area contributed by atoms with Crippen LogP contribution in [-0.4, -0.2) is 57.5 Å². The van der Waals surface area contributed by atoms with E-state index in [1.54, 1.807) is 36.5 Å². The summed E-state index contributed by atoms with van der Waals surface area (Å²) in [6, 6.07) is 15.7. The Labute approximate surface area is 247 Å². The Bertz CT molecular complexity index is 1690. The first-order chi connectivity index (χ1) is 20.4. The van der Waals surface area contributed by atoms with E-state index in [0.29, 0.717) is 29.4 Å². The molecule has 3 aromatic carbocycles. The van der Waals surface area contributed by atoms with Crippen LogP contribution in [0.15, 0.2) is 59.6 Å². The molecule has 0 aliphatic carbocycles. The van der Waals surface area contributed by atoms with Gasteiger partial charge in [-0.05, 0) is 80.2 Å². The van der Waals surface area contributed by atoms with Crippen molar-refractivity contribution in [2.45, 2.75) is 50.5 Å². The average Bonchev–Trinajstić information content (AvgIpc) is 3.30. The molecule has 8 nitrogen and oxygen atoms in total. The van der Waals surface area contributed by atoms with Crippen LogP contribution < -0.4 is 4.74 Å². The maximum absolute atomic E-state index is 14.7. The van der Waals surface area contributed by atoms with Gasteiger partial charge in [0, 0.05) is 17.2 Å². The van der Waals surface area contributed by atoms with E-state index in [9.17, 15) is 14.3 Å². The molecule has 4 heterocycles. The normalized spacial score (nSPS) is 20.7. The summed E-state index contributed by atoms with van der Waals surface area (Å²) in [6.07, 6.45) is 3.99. The summed E-state index contributed by atoms with van der Waals surface area (Å²) in [7, 11) is 0. The lowest BCUT2D eigenvalue weighted by atomic mass is 9.88. The second kappa shape index (κ2) is 11.1. The van der Waals surface area contributed by atoms with Gasteiger partial charge in [-0.2, -0.15) is 0 Å². The molecule has 1 N–H and O–H groups in total. The van der Waals surface area contributed by atoms with Crippen LogP contribution in [-0.2, 0) is 17.8 Å². The van der Waals surface area contributed by atoms with E-state index in [2.05, 4.69) is 20.5 Å². The highest BCUT2D eigenvalue weighted by Gasteiger charge is 2.30. The van der Waals surface area contributed by atoms with Gasteiger partial charge in [-0.1, -0.05) is 29.8 Å². The molecule has 3 aliphatic rings. The number of rotatable bonds is 7. The number of carboxylic acids is 1. The Hall–Kier alpha value is -3.79. The Kier molecular flexibility index (Phi) is 7.17. The average molecular weight is 589 g/mol. The first kappa shape index (κ1) is 27.1. The molecule has 7 rings (SSSR count). The molecular formula is C32H30ClFN4O4. The minimum Gasteiger partial charge on any atom is -0.478 e. The first-order valence-corrected chi connectivity index (χ1v) is 14.7. The molecule has 42 heavy (non-hydrogen) atoms. The highest BCUT2D eigenvalue weighted by Crippen LogP contribution is 2.44. The number of para-hydroxylation sites is 1. The Balaban J connectivity index is 1.08. The smallest absolute Gasteiger partial charge is 0.335 e. The lowest BCUT2D eigenvalue weighted by Crippen LogP contribution is -2.35.